The molecule has 16 heavy (non-hydrogen) atoms. The molecule has 4 heteroatoms. The number of rotatable bonds is 3. The van der Waals surface area contributed by atoms with Gasteiger partial charge in [0.2, 0.25) is 0 Å². The SMILES string of the molecule is COc1ccc(C#C[C@H](C)O)cc1OC=O. The number of hydrogen-bond acceptors (Lipinski definition) is 4. The Morgan fingerprint density at radius 1 is 1.44 bits per heavy atom. The third kappa shape index (κ3) is 3.30. The first kappa shape index (κ1) is 12.1. The van der Waals surface area contributed by atoms with Crippen molar-refractivity contribution in [1.29, 1.82) is 0 Å². The van der Waals surface area contributed by atoms with Gasteiger partial charge in [-0.25, -0.2) is 0 Å². The smallest absolute Gasteiger partial charge is 0.298 e. The van der Waals surface area contributed by atoms with Gasteiger partial charge in [-0.05, 0) is 19.1 Å². The van der Waals surface area contributed by atoms with Gasteiger partial charge >= 0.3 is 0 Å². The van der Waals surface area contributed by atoms with Crippen LogP contribution in [0.15, 0.2) is 18.2 Å². The lowest BCUT2D eigenvalue weighted by Crippen LogP contribution is -1.95. The van der Waals surface area contributed by atoms with Gasteiger partial charge in [0, 0.05) is 11.6 Å². The maximum Gasteiger partial charge on any atom is 0.298 e. The van der Waals surface area contributed by atoms with Crippen LogP contribution in [0.3, 0.4) is 0 Å². The zero-order valence-corrected chi connectivity index (χ0v) is 9.06. The fourth-order valence-electron chi connectivity index (χ4n) is 1.09. The Bertz CT molecular complexity index is 426. The second kappa shape index (κ2) is 5.79. The highest BCUT2D eigenvalue weighted by molar-refractivity contribution is 5.54. The van der Waals surface area contributed by atoms with Gasteiger partial charge in [-0.2, -0.15) is 0 Å². The van der Waals surface area contributed by atoms with E-state index in [0.717, 1.165) is 0 Å². The van der Waals surface area contributed by atoms with Gasteiger partial charge in [-0.3, -0.25) is 4.79 Å². The van der Waals surface area contributed by atoms with E-state index < -0.39 is 6.10 Å². The lowest BCUT2D eigenvalue weighted by molar-refractivity contribution is -0.120. The lowest BCUT2D eigenvalue weighted by Gasteiger charge is -2.05. The highest BCUT2D eigenvalue weighted by Crippen LogP contribution is 2.27. The third-order valence-corrected chi connectivity index (χ3v) is 1.76. The molecule has 0 aliphatic carbocycles. The zero-order valence-electron chi connectivity index (χ0n) is 9.06. The van der Waals surface area contributed by atoms with Crippen molar-refractivity contribution in [3.63, 3.8) is 0 Å². The van der Waals surface area contributed by atoms with Crippen molar-refractivity contribution in [1.82, 2.24) is 0 Å². The fraction of sp³-hybridized carbons (Fsp3) is 0.250. The maximum atomic E-state index is 10.3. The van der Waals surface area contributed by atoms with Crippen molar-refractivity contribution in [3.8, 4) is 23.3 Å². The number of aliphatic hydroxyl groups excluding tert-OH is 1. The largest absolute Gasteiger partial charge is 0.493 e. The summed E-state index contributed by atoms with van der Waals surface area (Å²) in [6, 6.07) is 4.93. The Morgan fingerprint density at radius 3 is 2.75 bits per heavy atom. The minimum atomic E-state index is -0.697. The molecule has 1 rings (SSSR count). The summed E-state index contributed by atoms with van der Waals surface area (Å²) in [4.78, 5) is 10.3. The standard InChI is InChI=1S/C12H12O4/c1-9(14)3-4-10-5-6-11(15-2)12(7-10)16-8-13/h5-9,14H,1-2H3/t9-/m0/s1. The molecule has 0 heterocycles. The number of carbonyl (C=O) groups is 1. The first-order valence-corrected chi connectivity index (χ1v) is 4.65. The highest BCUT2D eigenvalue weighted by atomic mass is 16.5. The van der Waals surface area contributed by atoms with Crippen molar-refractivity contribution in [3.05, 3.63) is 23.8 Å². The number of methoxy groups -OCH3 is 1. The molecule has 1 N–H and O–H groups in total. The van der Waals surface area contributed by atoms with Gasteiger partial charge < -0.3 is 14.6 Å². The van der Waals surface area contributed by atoms with Gasteiger partial charge in [0.15, 0.2) is 11.5 Å². The quantitative estimate of drug-likeness (QED) is 0.609. The van der Waals surface area contributed by atoms with Crippen LogP contribution in [-0.2, 0) is 4.79 Å². The van der Waals surface area contributed by atoms with E-state index in [9.17, 15) is 4.79 Å². The van der Waals surface area contributed by atoms with Crippen molar-refractivity contribution >= 4 is 6.47 Å². The molecule has 0 radical (unpaired) electrons. The van der Waals surface area contributed by atoms with E-state index in [1.54, 1.807) is 25.1 Å². The van der Waals surface area contributed by atoms with Crippen molar-refractivity contribution in [2.75, 3.05) is 7.11 Å². The summed E-state index contributed by atoms with van der Waals surface area (Å²) in [5.41, 5.74) is 0.638. The number of hydrogen-bond donors (Lipinski definition) is 1. The first-order chi connectivity index (χ1) is 7.67. The van der Waals surface area contributed by atoms with Crippen molar-refractivity contribution in [2.45, 2.75) is 13.0 Å². The summed E-state index contributed by atoms with van der Waals surface area (Å²) in [5.74, 6) is 6.09. The molecule has 0 aromatic heterocycles. The predicted octanol–water partition coefficient (Wildman–Crippen LogP) is 0.963. The van der Waals surface area contributed by atoms with Gasteiger partial charge in [0.05, 0.1) is 7.11 Å². The molecule has 84 valence electrons. The molecular formula is C12H12O4. The van der Waals surface area contributed by atoms with Gasteiger partial charge in [0.1, 0.15) is 6.10 Å². The van der Waals surface area contributed by atoms with E-state index in [1.807, 2.05) is 0 Å². The van der Waals surface area contributed by atoms with Gasteiger partial charge in [-0.15, -0.1) is 0 Å². The summed E-state index contributed by atoms with van der Waals surface area (Å²) in [5, 5.41) is 9.00. The van der Waals surface area contributed by atoms with Crippen LogP contribution in [0.2, 0.25) is 0 Å². The lowest BCUT2D eigenvalue weighted by atomic mass is 10.2. The fourth-order valence-corrected chi connectivity index (χ4v) is 1.09. The predicted molar refractivity (Wildman–Crippen MR) is 58.2 cm³/mol. The van der Waals surface area contributed by atoms with Crippen LogP contribution in [0.25, 0.3) is 0 Å². The molecule has 0 fully saturated rings. The van der Waals surface area contributed by atoms with E-state index in [2.05, 4.69) is 11.8 Å². The molecule has 1 atom stereocenters. The molecule has 0 saturated carbocycles. The van der Waals surface area contributed by atoms with Crippen molar-refractivity contribution < 1.29 is 19.4 Å². The molecule has 0 aliphatic rings. The van der Waals surface area contributed by atoms with Crippen LogP contribution < -0.4 is 9.47 Å². The molecule has 0 aliphatic heterocycles. The third-order valence-electron chi connectivity index (χ3n) is 1.76. The van der Waals surface area contributed by atoms with E-state index in [0.29, 0.717) is 23.5 Å². The first-order valence-electron chi connectivity index (χ1n) is 4.65. The summed E-state index contributed by atoms with van der Waals surface area (Å²) >= 11 is 0. The Labute approximate surface area is 93.8 Å². The molecule has 0 unspecified atom stereocenters. The maximum absolute atomic E-state index is 10.3. The number of aliphatic hydroxyl groups is 1. The summed E-state index contributed by atoms with van der Waals surface area (Å²) in [7, 11) is 1.48. The molecule has 1 aromatic rings. The Kier molecular flexibility index (Phi) is 4.37. The van der Waals surface area contributed by atoms with Crippen molar-refractivity contribution in [2.24, 2.45) is 0 Å². The van der Waals surface area contributed by atoms with E-state index in [-0.39, 0.29) is 0 Å². The topological polar surface area (TPSA) is 55.8 Å². The van der Waals surface area contributed by atoms with Gasteiger partial charge in [-0.1, -0.05) is 11.8 Å². The number of benzene rings is 1. The van der Waals surface area contributed by atoms with E-state index >= 15 is 0 Å². The second-order valence-corrected chi connectivity index (χ2v) is 3.03. The van der Waals surface area contributed by atoms with Gasteiger partial charge in [0.25, 0.3) is 6.47 Å². The van der Waals surface area contributed by atoms with Crippen LogP contribution >= 0.6 is 0 Å². The van der Waals surface area contributed by atoms with Crippen LogP contribution in [0.5, 0.6) is 11.5 Å². The minimum absolute atomic E-state index is 0.301. The summed E-state index contributed by atoms with van der Waals surface area (Å²) in [6.45, 7) is 1.89. The van der Waals surface area contributed by atoms with E-state index in [4.69, 9.17) is 14.6 Å². The summed E-state index contributed by atoms with van der Waals surface area (Å²) in [6.07, 6.45) is -0.697. The highest BCUT2D eigenvalue weighted by Gasteiger charge is 2.04. The van der Waals surface area contributed by atoms with Crippen LogP contribution in [0, 0.1) is 11.8 Å². The monoisotopic (exact) mass is 220 g/mol. The Balaban J connectivity index is 3.03. The molecule has 4 nitrogen and oxygen atoms in total. The van der Waals surface area contributed by atoms with Crippen LogP contribution in [0.4, 0.5) is 0 Å². The second-order valence-electron chi connectivity index (χ2n) is 3.03. The molecule has 0 bridgehead atoms. The Morgan fingerprint density at radius 2 is 2.19 bits per heavy atom. The average molecular weight is 220 g/mol. The number of carbonyl (C=O) groups excluding carboxylic acids is 1. The molecule has 0 amide bonds. The molecule has 0 spiro atoms. The van der Waals surface area contributed by atoms with Crippen LogP contribution in [-0.4, -0.2) is 24.8 Å². The molecule has 0 saturated heterocycles. The summed E-state index contributed by atoms with van der Waals surface area (Å²) < 4.78 is 9.74. The van der Waals surface area contributed by atoms with E-state index in [1.165, 1.54) is 7.11 Å². The average Bonchev–Trinajstić information content (AvgIpc) is 2.27. The zero-order chi connectivity index (χ0) is 12.0. The number of ether oxygens (including phenoxy) is 2. The van der Waals surface area contributed by atoms with Crippen LogP contribution in [0.1, 0.15) is 12.5 Å². The normalized spacial score (nSPS) is 10.9. The Hall–Kier alpha value is -1.99. The molecular weight excluding hydrogens is 208 g/mol. The molecule has 1 aromatic carbocycles. The minimum Gasteiger partial charge on any atom is -0.493 e.